The second kappa shape index (κ2) is 3.88. The Morgan fingerprint density at radius 3 is 3.07 bits per heavy atom. The predicted molar refractivity (Wildman–Crippen MR) is 53.0 cm³/mol. The minimum absolute atomic E-state index is 0.359. The lowest BCUT2D eigenvalue weighted by Crippen LogP contribution is -2.01. The summed E-state index contributed by atoms with van der Waals surface area (Å²) in [6.07, 6.45) is 3.59. The first-order chi connectivity index (χ1) is 6.83. The SMILES string of the molecule is CCCCn1nnc2c(Cl)ncnc21. The van der Waals surface area contributed by atoms with E-state index in [1.807, 2.05) is 0 Å². The molecule has 0 aromatic carbocycles. The van der Waals surface area contributed by atoms with Gasteiger partial charge in [-0.1, -0.05) is 30.2 Å². The number of rotatable bonds is 3. The van der Waals surface area contributed by atoms with Crippen molar-refractivity contribution < 1.29 is 0 Å². The smallest absolute Gasteiger partial charge is 0.183 e. The van der Waals surface area contributed by atoms with E-state index in [1.54, 1.807) is 4.68 Å². The van der Waals surface area contributed by atoms with Gasteiger partial charge in [0.05, 0.1) is 0 Å². The van der Waals surface area contributed by atoms with Crippen molar-refractivity contribution in [2.45, 2.75) is 26.3 Å². The molecule has 14 heavy (non-hydrogen) atoms. The van der Waals surface area contributed by atoms with Gasteiger partial charge in [-0.15, -0.1) is 5.10 Å². The van der Waals surface area contributed by atoms with Crippen LogP contribution in [-0.4, -0.2) is 25.0 Å². The molecule has 0 saturated heterocycles. The highest BCUT2D eigenvalue weighted by Gasteiger charge is 2.08. The molecule has 2 rings (SSSR count). The van der Waals surface area contributed by atoms with Gasteiger partial charge in [0.2, 0.25) is 0 Å². The molecule has 0 saturated carbocycles. The molecule has 6 heteroatoms. The third kappa shape index (κ3) is 1.55. The fourth-order valence-corrected chi connectivity index (χ4v) is 1.39. The van der Waals surface area contributed by atoms with Gasteiger partial charge in [0.25, 0.3) is 0 Å². The van der Waals surface area contributed by atoms with Crippen LogP contribution in [0, 0.1) is 0 Å². The molecular formula is C8H10ClN5. The number of aromatic nitrogens is 5. The van der Waals surface area contributed by atoms with Crippen molar-refractivity contribution in [1.29, 1.82) is 0 Å². The molecule has 5 nitrogen and oxygen atoms in total. The van der Waals surface area contributed by atoms with Gasteiger partial charge in [0, 0.05) is 6.54 Å². The van der Waals surface area contributed by atoms with Crippen LogP contribution in [0.5, 0.6) is 0 Å². The van der Waals surface area contributed by atoms with Crippen LogP contribution in [0.3, 0.4) is 0 Å². The summed E-state index contributed by atoms with van der Waals surface area (Å²) in [7, 11) is 0. The first-order valence-corrected chi connectivity index (χ1v) is 4.90. The molecule has 0 spiro atoms. The topological polar surface area (TPSA) is 56.5 Å². The molecule has 2 aromatic heterocycles. The Balaban J connectivity index is 2.42. The standard InChI is InChI=1S/C8H10ClN5/c1-2-3-4-14-8-6(12-13-14)7(9)10-5-11-8/h5H,2-4H2,1H3. The average molecular weight is 212 g/mol. The molecule has 0 unspecified atom stereocenters. The van der Waals surface area contributed by atoms with Crippen molar-refractivity contribution in [2.24, 2.45) is 0 Å². The van der Waals surface area contributed by atoms with Gasteiger partial charge in [-0.3, -0.25) is 0 Å². The maximum absolute atomic E-state index is 5.84. The monoisotopic (exact) mass is 211 g/mol. The first-order valence-electron chi connectivity index (χ1n) is 4.52. The molecule has 0 aliphatic rings. The lowest BCUT2D eigenvalue weighted by molar-refractivity contribution is 0.564. The number of nitrogens with zero attached hydrogens (tertiary/aromatic N) is 5. The Bertz CT molecular complexity index is 438. The molecule has 0 N–H and O–H groups in total. The second-order valence-corrected chi connectivity index (χ2v) is 3.36. The number of hydrogen-bond donors (Lipinski definition) is 0. The summed E-state index contributed by atoms with van der Waals surface area (Å²) in [4.78, 5) is 7.94. The molecule has 0 bridgehead atoms. The minimum atomic E-state index is 0.359. The minimum Gasteiger partial charge on any atom is -0.227 e. The van der Waals surface area contributed by atoms with Crippen molar-refractivity contribution in [3.8, 4) is 0 Å². The van der Waals surface area contributed by atoms with Crippen LogP contribution < -0.4 is 0 Å². The third-order valence-corrected chi connectivity index (χ3v) is 2.26. The van der Waals surface area contributed by atoms with E-state index >= 15 is 0 Å². The summed E-state index contributed by atoms with van der Waals surface area (Å²) >= 11 is 5.84. The highest BCUT2D eigenvalue weighted by molar-refractivity contribution is 6.33. The molecule has 2 heterocycles. The van der Waals surface area contributed by atoms with Crippen LogP contribution in [0.15, 0.2) is 6.33 Å². The van der Waals surface area contributed by atoms with Crippen molar-refractivity contribution in [3.63, 3.8) is 0 Å². The van der Waals surface area contributed by atoms with Crippen molar-refractivity contribution >= 4 is 22.8 Å². The van der Waals surface area contributed by atoms with Crippen molar-refractivity contribution in [1.82, 2.24) is 25.0 Å². The fourth-order valence-electron chi connectivity index (χ4n) is 1.22. The summed E-state index contributed by atoms with van der Waals surface area (Å²) in [5.74, 6) is 0. The van der Waals surface area contributed by atoms with E-state index in [-0.39, 0.29) is 0 Å². The van der Waals surface area contributed by atoms with Gasteiger partial charge in [-0.05, 0) is 6.42 Å². The Morgan fingerprint density at radius 1 is 1.43 bits per heavy atom. The van der Waals surface area contributed by atoms with Crippen LogP contribution in [0.1, 0.15) is 19.8 Å². The molecule has 74 valence electrons. The maximum Gasteiger partial charge on any atom is 0.183 e. The third-order valence-electron chi connectivity index (χ3n) is 1.98. The molecular weight excluding hydrogens is 202 g/mol. The highest BCUT2D eigenvalue weighted by Crippen LogP contribution is 2.15. The lowest BCUT2D eigenvalue weighted by atomic mass is 10.3. The summed E-state index contributed by atoms with van der Waals surface area (Å²) in [5, 5.41) is 8.26. The van der Waals surface area contributed by atoms with Crippen LogP contribution in [0.4, 0.5) is 0 Å². The number of halogens is 1. The Hall–Kier alpha value is -1.23. The van der Waals surface area contributed by atoms with E-state index < -0.39 is 0 Å². The zero-order chi connectivity index (χ0) is 9.97. The summed E-state index contributed by atoms with van der Waals surface area (Å²) in [5.41, 5.74) is 1.28. The van der Waals surface area contributed by atoms with E-state index in [2.05, 4.69) is 27.2 Å². The molecule has 0 fully saturated rings. The second-order valence-electron chi connectivity index (χ2n) is 3.00. The van der Waals surface area contributed by atoms with E-state index in [9.17, 15) is 0 Å². The normalized spacial score (nSPS) is 11.0. The molecule has 2 aromatic rings. The number of fused-ring (bicyclic) bond motifs is 1. The van der Waals surface area contributed by atoms with Gasteiger partial charge < -0.3 is 0 Å². The largest absolute Gasteiger partial charge is 0.227 e. The van der Waals surface area contributed by atoms with Gasteiger partial charge in [0.1, 0.15) is 6.33 Å². The maximum atomic E-state index is 5.84. The first kappa shape index (κ1) is 9.33. The Labute approximate surface area is 86.1 Å². The zero-order valence-electron chi connectivity index (χ0n) is 7.81. The molecule has 0 aliphatic heterocycles. The van der Waals surface area contributed by atoms with Gasteiger partial charge in [-0.2, -0.15) is 0 Å². The Morgan fingerprint density at radius 2 is 2.29 bits per heavy atom. The van der Waals surface area contributed by atoms with Crippen LogP contribution in [-0.2, 0) is 6.54 Å². The van der Waals surface area contributed by atoms with Crippen molar-refractivity contribution in [2.75, 3.05) is 0 Å². The number of unbranched alkanes of at least 4 members (excludes halogenated alkanes) is 1. The zero-order valence-corrected chi connectivity index (χ0v) is 8.57. The van der Waals surface area contributed by atoms with Gasteiger partial charge in [-0.25, -0.2) is 14.6 Å². The van der Waals surface area contributed by atoms with Gasteiger partial charge >= 0.3 is 0 Å². The van der Waals surface area contributed by atoms with Crippen molar-refractivity contribution in [3.05, 3.63) is 11.5 Å². The van der Waals surface area contributed by atoms with E-state index in [4.69, 9.17) is 11.6 Å². The number of aryl methyl sites for hydroxylation is 1. The average Bonchev–Trinajstić information content (AvgIpc) is 2.60. The summed E-state index contributed by atoms with van der Waals surface area (Å²) < 4.78 is 1.76. The quantitative estimate of drug-likeness (QED) is 0.725. The molecule has 0 radical (unpaired) electrons. The molecule has 0 aliphatic carbocycles. The Kier molecular flexibility index (Phi) is 2.58. The molecule has 0 atom stereocenters. The fraction of sp³-hybridized carbons (Fsp3) is 0.500. The van der Waals surface area contributed by atoms with Crippen LogP contribution in [0.2, 0.25) is 5.15 Å². The summed E-state index contributed by atoms with van der Waals surface area (Å²) in [6.45, 7) is 2.95. The molecule has 0 amide bonds. The van der Waals surface area contributed by atoms with E-state index in [0.717, 1.165) is 19.4 Å². The van der Waals surface area contributed by atoms with Crippen LogP contribution >= 0.6 is 11.6 Å². The van der Waals surface area contributed by atoms with Gasteiger partial charge in [0.15, 0.2) is 16.3 Å². The summed E-state index contributed by atoms with van der Waals surface area (Å²) in [6, 6.07) is 0. The van der Waals surface area contributed by atoms with Crippen LogP contribution in [0.25, 0.3) is 11.2 Å². The predicted octanol–water partition coefficient (Wildman–Crippen LogP) is 1.67. The highest BCUT2D eigenvalue weighted by atomic mass is 35.5. The number of hydrogen-bond acceptors (Lipinski definition) is 4. The lowest BCUT2D eigenvalue weighted by Gasteiger charge is -1.98. The van der Waals surface area contributed by atoms with E-state index in [0.29, 0.717) is 16.3 Å². The van der Waals surface area contributed by atoms with E-state index in [1.165, 1.54) is 6.33 Å².